The van der Waals surface area contributed by atoms with Crippen LogP contribution in [0.3, 0.4) is 0 Å². The number of methoxy groups -OCH3 is 1. The molecular weight excluding hydrogens is 496 g/mol. The van der Waals surface area contributed by atoms with Crippen LogP contribution in [0.5, 0.6) is 0 Å². The van der Waals surface area contributed by atoms with Crippen LogP contribution in [0.25, 0.3) is 0 Å². The van der Waals surface area contributed by atoms with Crippen molar-refractivity contribution in [1.29, 1.82) is 0 Å². The smallest absolute Gasteiger partial charge is 0.337 e. The maximum Gasteiger partial charge on any atom is 0.337 e. The van der Waals surface area contributed by atoms with Gasteiger partial charge in [0.25, 0.3) is 0 Å². The topological polar surface area (TPSA) is 39.3 Å². The molecule has 2 atom stereocenters. The number of rotatable bonds is 9. The summed E-state index contributed by atoms with van der Waals surface area (Å²) in [6, 6.07) is 28.8. The van der Waals surface area contributed by atoms with Crippen molar-refractivity contribution < 1.29 is 9.53 Å². The summed E-state index contributed by atoms with van der Waals surface area (Å²) in [6.07, 6.45) is 0. The number of carbonyl (C=O) groups excluding carboxylic acids is 1. The monoisotopic (exact) mass is 540 g/mol. The molecule has 6 heteroatoms. The first-order chi connectivity index (χ1) is 19.5. The number of benzene rings is 3. The number of esters is 1. The van der Waals surface area contributed by atoms with Gasteiger partial charge in [0.1, 0.15) is 0 Å². The van der Waals surface area contributed by atoms with E-state index in [2.05, 4.69) is 88.0 Å². The second kappa shape index (κ2) is 13.6. The van der Waals surface area contributed by atoms with E-state index in [1.807, 2.05) is 24.3 Å². The molecule has 0 saturated carbocycles. The lowest BCUT2D eigenvalue weighted by molar-refractivity contribution is 0.0290. The lowest BCUT2D eigenvalue weighted by atomic mass is 10.0. The lowest BCUT2D eigenvalue weighted by Crippen LogP contribution is -2.55. The standard InChI is InChI=1S/C34H44N4O2/c1-27-21-37(24-30-12-14-33(15-13-30)34(39)40-3)22-28(2)38(27)26-32-11-7-10-31(20-32)25-36-18-16-35(17-19-36)23-29-8-5-4-6-9-29/h4-15,20,27-28H,16-19,21-26H2,1-3H3/t27-,28+. The zero-order valence-electron chi connectivity index (χ0n) is 24.3. The van der Waals surface area contributed by atoms with Gasteiger partial charge >= 0.3 is 5.97 Å². The largest absolute Gasteiger partial charge is 0.465 e. The number of piperazine rings is 2. The number of carbonyl (C=O) groups is 1. The van der Waals surface area contributed by atoms with Gasteiger partial charge in [0, 0.05) is 77.5 Å². The van der Waals surface area contributed by atoms with Crippen LogP contribution in [0, 0.1) is 0 Å². The second-order valence-corrected chi connectivity index (χ2v) is 11.6. The third-order valence-electron chi connectivity index (χ3n) is 8.44. The van der Waals surface area contributed by atoms with Crippen molar-refractivity contribution >= 4 is 5.97 Å². The maximum absolute atomic E-state index is 11.7. The fourth-order valence-corrected chi connectivity index (χ4v) is 6.27. The first-order valence-electron chi connectivity index (χ1n) is 14.7. The van der Waals surface area contributed by atoms with Crippen molar-refractivity contribution in [2.45, 2.75) is 52.1 Å². The number of ether oxygens (including phenoxy) is 1. The quantitative estimate of drug-likeness (QED) is 0.360. The Morgan fingerprint density at radius 1 is 0.650 bits per heavy atom. The van der Waals surface area contributed by atoms with Crippen LogP contribution in [0.2, 0.25) is 0 Å². The van der Waals surface area contributed by atoms with Gasteiger partial charge in [-0.2, -0.15) is 0 Å². The molecule has 6 nitrogen and oxygen atoms in total. The molecule has 2 saturated heterocycles. The second-order valence-electron chi connectivity index (χ2n) is 11.6. The average molecular weight is 541 g/mol. The van der Waals surface area contributed by atoms with Gasteiger partial charge in [0.2, 0.25) is 0 Å². The Morgan fingerprint density at radius 3 is 1.75 bits per heavy atom. The molecule has 0 spiro atoms. The summed E-state index contributed by atoms with van der Waals surface area (Å²) in [4.78, 5) is 22.1. The zero-order valence-corrected chi connectivity index (χ0v) is 24.3. The fraction of sp³-hybridized carbons (Fsp3) is 0.441. The molecule has 2 fully saturated rings. The Balaban J connectivity index is 1.10. The summed E-state index contributed by atoms with van der Waals surface area (Å²) in [7, 11) is 1.42. The predicted octanol–water partition coefficient (Wildman–Crippen LogP) is 4.89. The third kappa shape index (κ3) is 7.58. The van der Waals surface area contributed by atoms with Gasteiger partial charge < -0.3 is 4.74 Å². The Hall–Kier alpha value is -3.03. The molecule has 0 amide bonds. The van der Waals surface area contributed by atoms with Crippen molar-refractivity contribution in [2.75, 3.05) is 46.4 Å². The Kier molecular flexibility index (Phi) is 9.66. The molecule has 0 aliphatic carbocycles. The molecule has 3 aromatic carbocycles. The highest BCUT2D eigenvalue weighted by Gasteiger charge is 2.29. The van der Waals surface area contributed by atoms with Gasteiger partial charge in [-0.05, 0) is 48.2 Å². The minimum atomic E-state index is -0.284. The zero-order chi connectivity index (χ0) is 27.9. The van der Waals surface area contributed by atoms with E-state index in [-0.39, 0.29) is 5.97 Å². The first kappa shape index (κ1) is 28.5. The summed E-state index contributed by atoms with van der Waals surface area (Å²) in [5.41, 5.74) is 6.07. The van der Waals surface area contributed by atoms with E-state index in [4.69, 9.17) is 4.74 Å². The molecule has 2 aliphatic rings. The van der Waals surface area contributed by atoms with Crippen LogP contribution in [-0.4, -0.2) is 84.0 Å². The maximum atomic E-state index is 11.7. The molecular formula is C34H44N4O2. The molecule has 0 unspecified atom stereocenters. The van der Waals surface area contributed by atoms with Crippen LogP contribution >= 0.6 is 0 Å². The van der Waals surface area contributed by atoms with Gasteiger partial charge in [-0.3, -0.25) is 19.6 Å². The van der Waals surface area contributed by atoms with Gasteiger partial charge in [-0.15, -0.1) is 0 Å². The van der Waals surface area contributed by atoms with Crippen LogP contribution in [0.15, 0.2) is 78.9 Å². The van der Waals surface area contributed by atoms with E-state index >= 15 is 0 Å². The Labute approximate surface area is 240 Å². The molecule has 0 bridgehead atoms. The highest BCUT2D eigenvalue weighted by Crippen LogP contribution is 2.22. The SMILES string of the molecule is COC(=O)c1ccc(CN2C[C@@H](C)N(Cc3cccc(CN4CCN(Cc5ccccc5)CC4)c3)[C@@H](C)C2)cc1. The van der Waals surface area contributed by atoms with Crippen LogP contribution in [-0.2, 0) is 30.9 Å². The summed E-state index contributed by atoms with van der Waals surface area (Å²) in [5.74, 6) is -0.284. The molecule has 212 valence electrons. The molecule has 3 aromatic rings. The van der Waals surface area contributed by atoms with E-state index < -0.39 is 0 Å². The van der Waals surface area contributed by atoms with Gasteiger partial charge in [-0.25, -0.2) is 4.79 Å². The fourth-order valence-electron chi connectivity index (χ4n) is 6.27. The van der Waals surface area contributed by atoms with Crippen molar-refractivity contribution in [3.05, 3.63) is 107 Å². The summed E-state index contributed by atoms with van der Waals surface area (Å²) in [6.45, 7) is 15.2. The van der Waals surface area contributed by atoms with Crippen molar-refractivity contribution in [1.82, 2.24) is 19.6 Å². The molecule has 0 radical (unpaired) electrons. The summed E-state index contributed by atoms with van der Waals surface area (Å²) >= 11 is 0. The molecule has 5 rings (SSSR count). The number of nitrogens with zero attached hydrogens (tertiary/aromatic N) is 4. The Morgan fingerprint density at radius 2 is 1.15 bits per heavy atom. The molecule has 40 heavy (non-hydrogen) atoms. The highest BCUT2D eigenvalue weighted by atomic mass is 16.5. The minimum Gasteiger partial charge on any atom is -0.465 e. The minimum absolute atomic E-state index is 0.284. The lowest BCUT2D eigenvalue weighted by Gasteiger charge is -2.44. The number of hydrogen-bond donors (Lipinski definition) is 0. The summed E-state index contributed by atoms with van der Waals surface area (Å²) in [5, 5.41) is 0. The predicted molar refractivity (Wildman–Crippen MR) is 161 cm³/mol. The van der Waals surface area contributed by atoms with Gasteiger partial charge in [0.15, 0.2) is 0 Å². The van der Waals surface area contributed by atoms with Crippen molar-refractivity contribution in [3.8, 4) is 0 Å². The van der Waals surface area contributed by atoms with Crippen LogP contribution in [0.1, 0.15) is 46.5 Å². The van der Waals surface area contributed by atoms with Crippen molar-refractivity contribution in [3.63, 3.8) is 0 Å². The van der Waals surface area contributed by atoms with Gasteiger partial charge in [0.05, 0.1) is 12.7 Å². The van der Waals surface area contributed by atoms with E-state index in [0.717, 1.165) is 65.4 Å². The molecule has 0 N–H and O–H groups in total. The average Bonchev–Trinajstić information content (AvgIpc) is 2.97. The third-order valence-corrected chi connectivity index (χ3v) is 8.44. The number of hydrogen-bond acceptors (Lipinski definition) is 6. The van der Waals surface area contributed by atoms with E-state index in [1.165, 1.54) is 29.4 Å². The van der Waals surface area contributed by atoms with Crippen molar-refractivity contribution in [2.24, 2.45) is 0 Å². The Bertz CT molecular complexity index is 1210. The van der Waals surface area contributed by atoms with Crippen LogP contribution in [0.4, 0.5) is 0 Å². The highest BCUT2D eigenvalue weighted by molar-refractivity contribution is 5.89. The van der Waals surface area contributed by atoms with E-state index in [0.29, 0.717) is 17.6 Å². The van der Waals surface area contributed by atoms with E-state index in [1.54, 1.807) is 0 Å². The molecule has 0 aromatic heterocycles. The van der Waals surface area contributed by atoms with Crippen LogP contribution < -0.4 is 0 Å². The molecule has 2 aliphatic heterocycles. The first-order valence-corrected chi connectivity index (χ1v) is 14.7. The van der Waals surface area contributed by atoms with Gasteiger partial charge in [-0.1, -0.05) is 66.7 Å². The van der Waals surface area contributed by atoms with E-state index in [9.17, 15) is 4.79 Å². The molecule has 2 heterocycles. The summed E-state index contributed by atoms with van der Waals surface area (Å²) < 4.78 is 4.82. The normalized spacial score (nSPS) is 21.4.